The highest BCUT2D eigenvalue weighted by molar-refractivity contribution is 5.79. The lowest BCUT2D eigenvalue weighted by Gasteiger charge is -2.71. The van der Waals surface area contributed by atoms with E-state index in [1.807, 2.05) is 6.92 Å². The Labute approximate surface area is 392 Å². The minimum Gasteiger partial charge on any atom is -0.432 e. The highest BCUT2D eigenvalue weighted by Gasteiger charge is 2.71. The normalized spacial score (nSPS) is 56.7. The van der Waals surface area contributed by atoms with Crippen molar-refractivity contribution in [3.8, 4) is 0 Å². The molecule has 4 saturated carbocycles. The van der Waals surface area contributed by atoms with E-state index in [1.54, 1.807) is 0 Å². The molecule has 7 fully saturated rings. The van der Waals surface area contributed by atoms with Crippen molar-refractivity contribution in [1.82, 2.24) is 0 Å². The summed E-state index contributed by atoms with van der Waals surface area (Å²) in [6.07, 6.45) is -18.9. The molecule has 0 amide bonds. The summed E-state index contributed by atoms with van der Waals surface area (Å²) in [5.41, 5.74) is -1.64. The maximum atomic E-state index is 15.0. The zero-order valence-corrected chi connectivity index (χ0v) is 39.8. The Balaban J connectivity index is 0.985. The van der Waals surface area contributed by atoms with Crippen LogP contribution in [0, 0.1) is 56.7 Å². The van der Waals surface area contributed by atoms with Crippen molar-refractivity contribution in [3.63, 3.8) is 0 Å². The molecule has 3 saturated heterocycles. The van der Waals surface area contributed by atoms with Crippen LogP contribution in [0.5, 0.6) is 0 Å². The number of aliphatic hydroxyl groups excluding tert-OH is 12. The van der Waals surface area contributed by atoms with Crippen molar-refractivity contribution in [2.45, 2.75) is 204 Å². The largest absolute Gasteiger partial charge is 0.432 e. The second-order valence-corrected chi connectivity index (χ2v) is 22.9. The Hall–Kier alpha value is -1.47. The van der Waals surface area contributed by atoms with Gasteiger partial charge in [0, 0.05) is 5.41 Å². The Morgan fingerprint density at radius 2 is 1.34 bits per heavy atom. The standard InChI is InChI=1S/C48H78O19/c1-20-10-13-48(15-14-46(6)23(29(48)21(20)2)8-9-28-44(4)16-24(51)39(60)45(5,19-50)27(44)11-12-47(28,46)7)43(61)67-42-36(58)33(55)31(53)26(65-42)18-62-40-37(59)34(56)38(25(17-49)64-40)66-41-35(57)32(54)30(52)22(3)63-41/h8,20-22,24-42,49-60H,9-19H2,1-7H3/t20-,21+,22-,24-,25+,26+,27+,28+,29+,30-,31-,32-,33-,34+,35-,36+,37+,38+,39-,40+,41+,42-,44+,45+,46-,47-,48+/m1/s1. The highest BCUT2D eigenvalue weighted by Crippen LogP contribution is 2.76. The number of ether oxygens (including phenoxy) is 6. The van der Waals surface area contributed by atoms with E-state index in [0.717, 1.165) is 19.3 Å². The molecule has 0 radical (unpaired) electrons. The molecule has 19 heteroatoms. The number of hydrogen-bond donors (Lipinski definition) is 12. The van der Waals surface area contributed by atoms with E-state index in [2.05, 4.69) is 40.7 Å². The summed E-state index contributed by atoms with van der Waals surface area (Å²) >= 11 is 0. The van der Waals surface area contributed by atoms with Crippen molar-refractivity contribution < 1.29 is 94.5 Å². The Morgan fingerprint density at radius 1 is 0.701 bits per heavy atom. The van der Waals surface area contributed by atoms with E-state index in [0.29, 0.717) is 32.1 Å². The molecule has 8 rings (SSSR count). The maximum absolute atomic E-state index is 15.0. The smallest absolute Gasteiger partial charge is 0.315 e. The molecule has 3 aliphatic heterocycles. The van der Waals surface area contributed by atoms with Crippen LogP contribution in [-0.2, 0) is 33.2 Å². The fourth-order valence-electron chi connectivity index (χ4n) is 15.2. The van der Waals surface area contributed by atoms with E-state index in [9.17, 15) is 61.3 Å². The Morgan fingerprint density at radius 3 is 2.01 bits per heavy atom. The van der Waals surface area contributed by atoms with Gasteiger partial charge in [-0.1, -0.05) is 53.2 Å². The van der Waals surface area contributed by atoms with Crippen LogP contribution in [0.2, 0.25) is 0 Å². The van der Waals surface area contributed by atoms with Gasteiger partial charge in [0.1, 0.15) is 67.1 Å². The zero-order chi connectivity index (χ0) is 49.1. The van der Waals surface area contributed by atoms with Crippen LogP contribution in [0.25, 0.3) is 0 Å². The summed E-state index contributed by atoms with van der Waals surface area (Å²) in [5.74, 6) is -0.386. The molecule has 19 nitrogen and oxygen atoms in total. The second-order valence-electron chi connectivity index (χ2n) is 22.9. The molecule has 0 spiro atoms. The van der Waals surface area contributed by atoms with Gasteiger partial charge in [0.05, 0.1) is 43.5 Å². The number of esters is 1. The van der Waals surface area contributed by atoms with Crippen molar-refractivity contribution in [3.05, 3.63) is 11.6 Å². The molecule has 5 aliphatic carbocycles. The third-order valence-electron chi connectivity index (χ3n) is 19.7. The van der Waals surface area contributed by atoms with Gasteiger partial charge >= 0.3 is 5.97 Å². The number of aliphatic hydroxyl groups is 12. The topological polar surface area (TPSA) is 315 Å². The first kappa shape index (κ1) is 51.9. The first-order valence-electron chi connectivity index (χ1n) is 24.5. The lowest BCUT2D eigenvalue weighted by atomic mass is 9.33. The number of fused-ring (bicyclic) bond motifs is 7. The first-order chi connectivity index (χ1) is 31.4. The number of carbonyl (C=O) groups is 1. The van der Waals surface area contributed by atoms with Crippen molar-refractivity contribution in [1.29, 1.82) is 0 Å². The number of allylic oxidation sites excluding steroid dienone is 2. The van der Waals surface area contributed by atoms with Crippen LogP contribution in [0.15, 0.2) is 11.6 Å². The molecule has 67 heavy (non-hydrogen) atoms. The maximum Gasteiger partial charge on any atom is 0.315 e. The molecule has 27 atom stereocenters. The number of rotatable bonds is 9. The zero-order valence-electron chi connectivity index (χ0n) is 39.8. The fraction of sp³-hybridized carbons (Fsp3) is 0.938. The van der Waals surface area contributed by atoms with Crippen molar-refractivity contribution in [2.24, 2.45) is 56.7 Å². The van der Waals surface area contributed by atoms with E-state index in [-0.39, 0.29) is 52.4 Å². The van der Waals surface area contributed by atoms with Crippen molar-refractivity contribution in [2.75, 3.05) is 19.8 Å². The summed E-state index contributed by atoms with van der Waals surface area (Å²) in [5, 5.41) is 130. The molecular weight excluding hydrogens is 881 g/mol. The molecular formula is C48H78O19. The van der Waals surface area contributed by atoms with Crippen LogP contribution in [0.3, 0.4) is 0 Å². The molecule has 0 aromatic heterocycles. The second kappa shape index (κ2) is 18.5. The Kier molecular flexibility index (Phi) is 14.4. The first-order valence-corrected chi connectivity index (χ1v) is 24.5. The van der Waals surface area contributed by atoms with Gasteiger partial charge < -0.3 is 89.7 Å². The third-order valence-corrected chi connectivity index (χ3v) is 19.7. The molecule has 384 valence electrons. The lowest BCUT2D eigenvalue weighted by Crippen LogP contribution is -2.68. The van der Waals surface area contributed by atoms with Gasteiger partial charge in [0.2, 0.25) is 6.29 Å². The SMILES string of the molecule is C[C@H]1[C@H](C)CC[C@]2(C(=O)O[C@H]3O[C@@H](CO[C@H]4O[C@@H](CO)[C@H](O[C@@H]5O[C@H](C)[C@@H](O)[C@@H](O)[C@H]5O)[C@@H](O)[C@@H]4O)[C@@H](O)[C@@H](O)[C@@H]3O)CC[C@]3(C)C(=CC[C@H]4[C@@]5(C)C[C@@H](O)[C@@H](O)[C@@](C)(CO)[C@H]5CC[C@]43C)[C@H]12. The highest BCUT2D eigenvalue weighted by atomic mass is 16.8. The molecule has 0 aromatic carbocycles. The summed E-state index contributed by atoms with van der Waals surface area (Å²) in [6.45, 7) is 13.0. The van der Waals surface area contributed by atoms with Crippen LogP contribution in [0.4, 0.5) is 0 Å². The minimum absolute atomic E-state index is 0.0112. The molecule has 3 heterocycles. The predicted molar refractivity (Wildman–Crippen MR) is 231 cm³/mol. The van der Waals surface area contributed by atoms with E-state index in [4.69, 9.17) is 28.4 Å². The Bertz CT molecular complexity index is 1820. The van der Waals surface area contributed by atoms with Gasteiger partial charge in [-0.2, -0.15) is 0 Å². The summed E-state index contributed by atoms with van der Waals surface area (Å²) in [7, 11) is 0. The van der Waals surface area contributed by atoms with Crippen LogP contribution < -0.4 is 0 Å². The van der Waals surface area contributed by atoms with Gasteiger partial charge in [0.25, 0.3) is 0 Å². The lowest BCUT2D eigenvalue weighted by molar-refractivity contribution is -0.361. The van der Waals surface area contributed by atoms with Gasteiger partial charge in [-0.3, -0.25) is 4.79 Å². The molecule has 0 unspecified atom stereocenters. The molecule has 0 aromatic rings. The molecule has 0 bridgehead atoms. The number of hydrogen-bond acceptors (Lipinski definition) is 19. The van der Waals surface area contributed by atoms with E-state index < -0.39 is 134 Å². The van der Waals surface area contributed by atoms with Gasteiger partial charge in [0.15, 0.2) is 12.6 Å². The molecule has 12 N–H and O–H groups in total. The summed E-state index contributed by atoms with van der Waals surface area (Å²) in [4.78, 5) is 15.0. The third kappa shape index (κ3) is 7.92. The average Bonchev–Trinajstić information content (AvgIpc) is 3.29. The summed E-state index contributed by atoms with van der Waals surface area (Å²) in [6, 6.07) is 0. The van der Waals surface area contributed by atoms with E-state index >= 15 is 4.79 Å². The van der Waals surface area contributed by atoms with Gasteiger partial charge in [-0.25, -0.2) is 0 Å². The average molecular weight is 959 g/mol. The number of carbonyl (C=O) groups excluding carboxylic acids is 1. The monoisotopic (exact) mass is 959 g/mol. The van der Waals surface area contributed by atoms with Gasteiger partial charge in [-0.15, -0.1) is 0 Å². The molecule has 8 aliphatic rings. The van der Waals surface area contributed by atoms with E-state index in [1.165, 1.54) is 12.5 Å². The van der Waals surface area contributed by atoms with Crippen molar-refractivity contribution >= 4 is 5.97 Å². The quantitative estimate of drug-likeness (QED) is 0.0971. The minimum atomic E-state index is -1.86. The van der Waals surface area contributed by atoms with Crippen LogP contribution in [-0.4, -0.2) is 191 Å². The fourth-order valence-corrected chi connectivity index (χ4v) is 15.2. The van der Waals surface area contributed by atoms with Gasteiger partial charge in [-0.05, 0) is 104 Å². The van der Waals surface area contributed by atoms with Crippen LogP contribution in [0.1, 0.15) is 99.8 Å². The predicted octanol–water partition coefficient (Wildman–Crippen LogP) is -1.03. The van der Waals surface area contributed by atoms with Crippen LogP contribution >= 0.6 is 0 Å². The summed E-state index contributed by atoms with van der Waals surface area (Å²) < 4.78 is 34.7.